The van der Waals surface area contributed by atoms with Crippen LogP contribution in [0.15, 0.2) is 47.6 Å². The van der Waals surface area contributed by atoms with Gasteiger partial charge < -0.3 is 11.2 Å². The zero-order valence-corrected chi connectivity index (χ0v) is 16.0. The standard InChI is InChI=1S/C19H20FN5OS/c1-11-5-4-6-12(2)16(11)22-18(26)13(3)27-19-24-23-17(25(19)21)14-7-9-15(20)10-8-14/h4-10,13H,21H2,1-3H3,(H,22,26)/t13-/m0/s1. The molecule has 0 spiro atoms. The summed E-state index contributed by atoms with van der Waals surface area (Å²) in [6, 6.07) is 11.7. The maximum atomic E-state index is 13.1. The fraction of sp³-hybridized carbons (Fsp3) is 0.211. The third-order valence-corrected chi connectivity index (χ3v) is 5.20. The van der Waals surface area contributed by atoms with E-state index in [4.69, 9.17) is 5.84 Å². The van der Waals surface area contributed by atoms with Crippen LogP contribution in [0.4, 0.5) is 10.1 Å². The first-order chi connectivity index (χ1) is 12.9. The predicted octanol–water partition coefficient (Wildman–Crippen LogP) is 3.53. The molecule has 3 aromatic rings. The van der Waals surface area contributed by atoms with Gasteiger partial charge in [-0.05, 0) is 56.2 Å². The van der Waals surface area contributed by atoms with Gasteiger partial charge in [0.1, 0.15) is 5.82 Å². The molecule has 140 valence electrons. The molecule has 27 heavy (non-hydrogen) atoms. The van der Waals surface area contributed by atoms with Crippen LogP contribution >= 0.6 is 11.8 Å². The van der Waals surface area contributed by atoms with Crippen molar-refractivity contribution in [2.24, 2.45) is 0 Å². The largest absolute Gasteiger partial charge is 0.335 e. The summed E-state index contributed by atoms with van der Waals surface area (Å²) in [4.78, 5) is 12.6. The third-order valence-electron chi connectivity index (χ3n) is 4.15. The van der Waals surface area contributed by atoms with Gasteiger partial charge in [-0.25, -0.2) is 9.07 Å². The Morgan fingerprint density at radius 2 is 1.78 bits per heavy atom. The van der Waals surface area contributed by atoms with Gasteiger partial charge in [-0.1, -0.05) is 30.0 Å². The maximum absolute atomic E-state index is 13.1. The van der Waals surface area contributed by atoms with Gasteiger partial charge in [0.25, 0.3) is 0 Å². The fourth-order valence-electron chi connectivity index (χ4n) is 2.60. The van der Waals surface area contributed by atoms with Crippen LogP contribution in [0.3, 0.4) is 0 Å². The van der Waals surface area contributed by atoms with Crippen molar-refractivity contribution in [1.29, 1.82) is 0 Å². The number of benzene rings is 2. The zero-order valence-electron chi connectivity index (χ0n) is 15.2. The Morgan fingerprint density at radius 3 is 2.41 bits per heavy atom. The van der Waals surface area contributed by atoms with E-state index in [1.54, 1.807) is 19.1 Å². The number of aromatic nitrogens is 3. The molecular formula is C19H20FN5OS. The number of carbonyl (C=O) groups is 1. The lowest BCUT2D eigenvalue weighted by Crippen LogP contribution is -2.24. The van der Waals surface area contributed by atoms with Crippen LogP contribution in [0, 0.1) is 19.7 Å². The minimum absolute atomic E-state index is 0.149. The topological polar surface area (TPSA) is 85.8 Å². The van der Waals surface area contributed by atoms with Crippen molar-refractivity contribution in [2.45, 2.75) is 31.2 Å². The molecule has 0 bridgehead atoms. The third kappa shape index (κ3) is 4.11. The van der Waals surface area contributed by atoms with Gasteiger partial charge in [0.2, 0.25) is 11.1 Å². The maximum Gasteiger partial charge on any atom is 0.237 e. The molecule has 1 amide bonds. The van der Waals surface area contributed by atoms with Crippen LogP contribution in [-0.4, -0.2) is 26.0 Å². The number of hydrogen-bond donors (Lipinski definition) is 2. The highest BCUT2D eigenvalue weighted by molar-refractivity contribution is 8.00. The van der Waals surface area contributed by atoms with Crippen LogP contribution in [-0.2, 0) is 4.79 Å². The number of rotatable bonds is 5. The average molecular weight is 385 g/mol. The Balaban J connectivity index is 1.73. The molecule has 6 nitrogen and oxygen atoms in total. The second-order valence-corrected chi connectivity index (χ2v) is 7.51. The van der Waals surface area contributed by atoms with Gasteiger partial charge in [0, 0.05) is 11.3 Å². The molecule has 2 aromatic carbocycles. The number of nitrogen functional groups attached to an aromatic ring is 1. The molecule has 0 fully saturated rings. The molecule has 1 aromatic heterocycles. The highest BCUT2D eigenvalue weighted by Gasteiger charge is 2.21. The van der Waals surface area contributed by atoms with E-state index in [1.165, 1.54) is 28.6 Å². The summed E-state index contributed by atoms with van der Waals surface area (Å²) < 4.78 is 14.4. The predicted molar refractivity (Wildman–Crippen MR) is 105 cm³/mol. The number of anilines is 1. The van der Waals surface area contributed by atoms with Crippen molar-refractivity contribution >= 4 is 23.4 Å². The lowest BCUT2D eigenvalue weighted by Gasteiger charge is -2.15. The number of nitrogens with zero attached hydrogens (tertiary/aromatic N) is 3. The van der Waals surface area contributed by atoms with Crippen LogP contribution < -0.4 is 11.2 Å². The van der Waals surface area contributed by atoms with E-state index < -0.39 is 5.25 Å². The number of thioether (sulfide) groups is 1. The van der Waals surface area contributed by atoms with Crippen LogP contribution in [0.1, 0.15) is 18.1 Å². The van der Waals surface area contributed by atoms with E-state index in [1.807, 2.05) is 32.0 Å². The van der Waals surface area contributed by atoms with Gasteiger partial charge in [0.15, 0.2) is 5.82 Å². The van der Waals surface area contributed by atoms with Crippen molar-refractivity contribution in [3.8, 4) is 11.4 Å². The molecule has 0 aliphatic rings. The van der Waals surface area contributed by atoms with Crippen molar-refractivity contribution in [3.63, 3.8) is 0 Å². The second-order valence-electron chi connectivity index (χ2n) is 6.20. The van der Waals surface area contributed by atoms with Gasteiger partial charge in [-0.3, -0.25) is 4.79 Å². The first-order valence-corrected chi connectivity index (χ1v) is 9.25. The summed E-state index contributed by atoms with van der Waals surface area (Å²) in [5.74, 6) is 5.98. The van der Waals surface area contributed by atoms with Gasteiger partial charge in [-0.2, -0.15) is 0 Å². The van der Waals surface area contributed by atoms with E-state index in [0.717, 1.165) is 16.8 Å². The molecule has 0 saturated heterocycles. The molecule has 1 heterocycles. The van der Waals surface area contributed by atoms with E-state index >= 15 is 0 Å². The number of hydrogen-bond acceptors (Lipinski definition) is 5. The van der Waals surface area contributed by atoms with Crippen molar-refractivity contribution in [2.75, 3.05) is 11.2 Å². The molecule has 0 aliphatic carbocycles. The number of carbonyl (C=O) groups excluding carboxylic acids is 1. The number of nitrogens with two attached hydrogens (primary N) is 1. The SMILES string of the molecule is Cc1cccc(C)c1NC(=O)[C@H](C)Sc1nnc(-c2ccc(F)cc2)n1N. The Hall–Kier alpha value is -2.87. The van der Waals surface area contributed by atoms with E-state index in [0.29, 0.717) is 16.5 Å². The molecule has 0 unspecified atom stereocenters. The van der Waals surface area contributed by atoms with Gasteiger partial charge in [0.05, 0.1) is 5.25 Å². The molecular weight excluding hydrogens is 365 g/mol. The Labute approximate surface area is 161 Å². The Bertz CT molecular complexity index is 950. The molecule has 1 atom stereocenters. The molecule has 0 radical (unpaired) electrons. The van der Waals surface area contributed by atoms with E-state index in [9.17, 15) is 9.18 Å². The first kappa shape index (κ1) is 18.9. The smallest absolute Gasteiger partial charge is 0.237 e. The summed E-state index contributed by atoms with van der Waals surface area (Å²) in [6.07, 6.45) is 0. The zero-order chi connectivity index (χ0) is 19.6. The number of nitrogens with one attached hydrogen (secondary N) is 1. The normalized spacial score (nSPS) is 12.0. The minimum atomic E-state index is -0.434. The quantitative estimate of drug-likeness (QED) is 0.518. The number of halogens is 1. The molecule has 8 heteroatoms. The van der Waals surface area contributed by atoms with Crippen LogP contribution in [0.25, 0.3) is 11.4 Å². The second kappa shape index (κ2) is 7.79. The highest BCUT2D eigenvalue weighted by atomic mass is 32.2. The molecule has 3 N–H and O–H groups in total. The van der Waals surface area contributed by atoms with Gasteiger partial charge >= 0.3 is 0 Å². The summed E-state index contributed by atoms with van der Waals surface area (Å²) in [7, 11) is 0. The summed E-state index contributed by atoms with van der Waals surface area (Å²) >= 11 is 1.21. The van der Waals surface area contributed by atoms with Crippen molar-refractivity contribution < 1.29 is 9.18 Å². The minimum Gasteiger partial charge on any atom is -0.335 e. The molecule has 3 rings (SSSR count). The van der Waals surface area contributed by atoms with Gasteiger partial charge in [-0.15, -0.1) is 10.2 Å². The van der Waals surface area contributed by atoms with Crippen molar-refractivity contribution in [1.82, 2.24) is 14.9 Å². The summed E-state index contributed by atoms with van der Waals surface area (Å²) in [6.45, 7) is 5.68. The van der Waals surface area contributed by atoms with Crippen LogP contribution in [0.5, 0.6) is 0 Å². The van der Waals surface area contributed by atoms with Crippen LogP contribution in [0.2, 0.25) is 0 Å². The lowest BCUT2D eigenvalue weighted by molar-refractivity contribution is -0.115. The van der Waals surface area contributed by atoms with E-state index in [2.05, 4.69) is 15.5 Å². The number of para-hydroxylation sites is 1. The Kier molecular flexibility index (Phi) is 5.46. The number of amides is 1. The van der Waals surface area contributed by atoms with Crippen molar-refractivity contribution in [3.05, 3.63) is 59.4 Å². The van der Waals surface area contributed by atoms with E-state index in [-0.39, 0.29) is 11.7 Å². The summed E-state index contributed by atoms with van der Waals surface area (Å²) in [5.41, 5.74) is 3.46. The molecule has 0 aliphatic heterocycles. The highest BCUT2D eigenvalue weighted by Crippen LogP contribution is 2.26. The first-order valence-electron chi connectivity index (χ1n) is 8.37. The monoisotopic (exact) mass is 385 g/mol. The lowest BCUT2D eigenvalue weighted by atomic mass is 10.1. The fourth-order valence-corrected chi connectivity index (χ4v) is 3.37. The number of aryl methyl sites for hydroxylation is 2. The average Bonchev–Trinajstić information content (AvgIpc) is 2.99. The molecule has 0 saturated carbocycles. The Morgan fingerprint density at radius 1 is 1.15 bits per heavy atom. The summed E-state index contributed by atoms with van der Waals surface area (Å²) in [5, 5.41) is 11.0.